The first-order chi connectivity index (χ1) is 12.4. The molecule has 0 spiro atoms. The highest BCUT2D eigenvalue weighted by atomic mass is 16.6. The Bertz CT molecular complexity index is 786. The maximum atomic E-state index is 12.4. The van der Waals surface area contributed by atoms with Gasteiger partial charge in [-0.2, -0.15) is 0 Å². The smallest absolute Gasteiger partial charge is 0.338 e. The predicted octanol–water partition coefficient (Wildman–Crippen LogP) is 3.47. The quantitative estimate of drug-likeness (QED) is 0.463. The second-order valence-corrected chi connectivity index (χ2v) is 7.97. The Labute approximate surface area is 153 Å². The van der Waals surface area contributed by atoms with Crippen molar-refractivity contribution in [1.29, 1.82) is 0 Å². The maximum Gasteiger partial charge on any atom is 0.338 e. The van der Waals surface area contributed by atoms with Gasteiger partial charge in [0.25, 0.3) is 0 Å². The summed E-state index contributed by atoms with van der Waals surface area (Å²) < 4.78 is 11.3. The molecule has 1 aliphatic heterocycles. The van der Waals surface area contributed by atoms with Gasteiger partial charge in [0, 0.05) is 23.9 Å². The van der Waals surface area contributed by atoms with Crippen LogP contribution in [0, 0.1) is 17.3 Å². The number of rotatable bonds is 2. The van der Waals surface area contributed by atoms with Crippen LogP contribution in [0.1, 0.15) is 43.0 Å². The standard InChI is InChI=1S/C21H23NO4/c1-12-15-10-16-13(2)17(25-20(24)14-5-8-22-9-6-14)4-7-21(16,3)11-18(15)26-19(12)23/h5-6,8-9,15-18H,1-2,4,7,10-11H2,3H3/t15-,16+,17-,18-,21-/m1/s1. The Hall–Kier alpha value is -2.43. The second kappa shape index (κ2) is 6.08. The Balaban J connectivity index is 1.51. The number of carbonyl (C=O) groups is 2. The summed E-state index contributed by atoms with van der Waals surface area (Å²) in [4.78, 5) is 28.2. The lowest BCUT2D eigenvalue weighted by Gasteiger charge is -2.51. The van der Waals surface area contributed by atoms with E-state index in [0.717, 1.165) is 31.3 Å². The number of aromatic nitrogens is 1. The van der Waals surface area contributed by atoms with E-state index in [2.05, 4.69) is 25.1 Å². The van der Waals surface area contributed by atoms with E-state index in [9.17, 15) is 9.59 Å². The SMILES string of the molecule is C=C1C(=O)O[C@@H]2C[C@@]3(C)CC[C@@H](OC(=O)c4ccncc4)C(=C)[C@@H]3C[C@H]12. The van der Waals surface area contributed by atoms with Crippen molar-refractivity contribution in [2.45, 2.75) is 44.8 Å². The summed E-state index contributed by atoms with van der Waals surface area (Å²) in [7, 11) is 0. The van der Waals surface area contributed by atoms with Gasteiger partial charge in [-0.15, -0.1) is 0 Å². The Morgan fingerprint density at radius 1 is 1.35 bits per heavy atom. The minimum Gasteiger partial charge on any atom is -0.458 e. The summed E-state index contributed by atoms with van der Waals surface area (Å²) in [5, 5.41) is 0. The van der Waals surface area contributed by atoms with Gasteiger partial charge in [0.2, 0.25) is 0 Å². The molecule has 0 bridgehead atoms. The summed E-state index contributed by atoms with van der Waals surface area (Å²) in [5.41, 5.74) is 2.03. The molecule has 0 aromatic carbocycles. The first kappa shape index (κ1) is 17.0. The summed E-state index contributed by atoms with van der Waals surface area (Å²) in [6, 6.07) is 3.30. The van der Waals surface area contributed by atoms with Crippen LogP contribution in [0.3, 0.4) is 0 Å². The van der Waals surface area contributed by atoms with Crippen molar-refractivity contribution in [2.75, 3.05) is 0 Å². The van der Waals surface area contributed by atoms with Crippen LogP contribution in [0.4, 0.5) is 0 Å². The highest BCUT2D eigenvalue weighted by Crippen LogP contribution is 2.57. The average Bonchev–Trinajstić information content (AvgIpc) is 2.90. The molecule has 5 atom stereocenters. The Kier molecular flexibility index (Phi) is 3.98. The van der Waals surface area contributed by atoms with Crippen LogP contribution in [-0.2, 0) is 14.3 Å². The van der Waals surface area contributed by atoms with Crippen molar-refractivity contribution in [3.63, 3.8) is 0 Å². The van der Waals surface area contributed by atoms with Gasteiger partial charge in [-0.05, 0) is 54.7 Å². The minimum atomic E-state index is -0.348. The van der Waals surface area contributed by atoms with E-state index in [1.165, 1.54) is 0 Å². The van der Waals surface area contributed by atoms with Crippen LogP contribution in [0.2, 0.25) is 0 Å². The summed E-state index contributed by atoms with van der Waals surface area (Å²) in [6.45, 7) is 10.4. The van der Waals surface area contributed by atoms with E-state index in [0.29, 0.717) is 11.1 Å². The van der Waals surface area contributed by atoms with Gasteiger partial charge >= 0.3 is 11.9 Å². The lowest BCUT2D eigenvalue weighted by atomic mass is 9.55. The Morgan fingerprint density at radius 2 is 2.08 bits per heavy atom. The fourth-order valence-corrected chi connectivity index (χ4v) is 4.86. The zero-order chi connectivity index (χ0) is 18.5. The molecule has 5 heteroatoms. The van der Waals surface area contributed by atoms with Crippen LogP contribution >= 0.6 is 0 Å². The van der Waals surface area contributed by atoms with Gasteiger partial charge in [0.05, 0.1) is 5.56 Å². The largest absolute Gasteiger partial charge is 0.458 e. The van der Waals surface area contributed by atoms with Gasteiger partial charge in [0.15, 0.2) is 0 Å². The van der Waals surface area contributed by atoms with Crippen LogP contribution in [0.25, 0.3) is 0 Å². The molecule has 1 saturated heterocycles. The topological polar surface area (TPSA) is 65.5 Å². The molecule has 0 N–H and O–H groups in total. The molecule has 5 nitrogen and oxygen atoms in total. The summed E-state index contributed by atoms with van der Waals surface area (Å²) >= 11 is 0. The van der Waals surface area contributed by atoms with Crippen LogP contribution in [0.5, 0.6) is 0 Å². The summed E-state index contributed by atoms with van der Waals surface area (Å²) in [6.07, 6.45) is 6.05. The maximum absolute atomic E-state index is 12.4. The zero-order valence-electron chi connectivity index (χ0n) is 14.9. The zero-order valence-corrected chi connectivity index (χ0v) is 14.9. The number of hydrogen-bond donors (Lipinski definition) is 0. The van der Waals surface area contributed by atoms with Gasteiger partial charge in [-0.1, -0.05) is 20.1 Å². The molecule has 3 fully saturated rings. The van der Waals surface area contributed by atoms with E-state index in [1.807, 2.05) is 0 Å². The summed E-state index contributed by atoms with van der Waals surface area (Å²) in [5.74, 6) is -0.376. The number of fused-ring (bicyclic) bond motifs is 2. The van der Waals surface area contributed by atoms with Crippen molar-refractivity contribution in [1.82, 2.24) is 4.98 Å². The fourth-order valence-electron chi connectivity index (χ4n) is 4.86. The molecule has 1 aromatic rings. The van der Waals surface area contributed by atoms with Gasteiger partial charge in [0.1, 0.15) is 12.2 Å². The van der Waals surface area contributed by atoms with Crippen molar-refractivity contribution < 1.29 is 19.1 Å². The second-order valence-electron chi connectivity index (χ2n) is 7.97. The fraction of sp³-hybridized carbons (Fsp3) is 0.476. The minimum absolute atomic E-state index is 0.0166. The number of pyridine rings is 1. The number of hydrogen-bond acceptors (Lipinski definition) is 5. The highest BCUT2D eigenvalue weighted by molar-refractivity contribution is 5.91. The molecule has 0 radical (unpaired) electrons. The van der Waals surface area contributed by atoms with E-state index >= 15 is 0 Å². The molecule has 0 amide bonds. The first-order valence-electron chi connectivity index (χ1n) is 9.08. The molecular formula is C21H23NO4. The lowest BCUT2D eigenvalue weighted by molar-refractivity contribution is -0.142. The first-order valence-corrected chi connectivity index (χ1v) is 9.08. The predicted molar refractivity (Wildman–Crippen MR) is 95.2 cm³/mol. The molecule has 0 unspecified atom stereocenters. The third-order valence-electron chi connectivity index (χ3n) is 6.42. The average molecular weight is 353 g/mol. The lowest BCUT2D eigenvalue weighted by Crippen LogP contribution is -2.47. The molecule has 4 rings (SSSR count). The number of nitrogens with zero attached hydrogens (tertiary/aromatic N) is 1. The monoisotopic (exact) mass is 353 g/mol. The highest BCUT2D eigenvalue weighted by Gasteiger charge is 2.54. The molecule has 2 heterocycles. The van der Waals surface area contributed by atoms with Gasteiger partial charge < -0.3 is 9.47 Å². The third kappa shape index (κ3) is 2.66. The third-order valence-corrected chi connectivity index (χ3v) is 6.42. The van der Waals surface area contributed by atoms with Crippen LogP contribution in [-0.4, -0.2) is 29.1 Å². The molecule has 26 heavy (non-hydrogen) atoms. The van der Waals surface area contributed by atoms with E-state index in [1.54, 1.807) is 24.5 Å². The van der Waals surface area contributed by atoms with Gasteiger partial charge in [-0.25, -0.2) is 9.59 Å². The molecule has 2 aliphatic carbocycles. The van der Waals surface area contributed by atoms with E-state index < -0.39 is 0 Å². The van der Waals surface area contributed by atoms with Crippen LogP contribution < -0.4 is 0 Å². The number of esters is 2. The normalized spacial score (nSPS) is 36.1. The van der Waals surface area contributed by atoms with E-state index in [-0.39, 0.29) is 41.4 Å². The Morgan fingerprint density at radius 3 is 2.81 bits per heavy atom. The molecule has 136 valence electrons. The molecule has 1 aromatic heterocycles. The van der Waals surface area contributed by atoms with Crippen molar-refractivity contribution in [2.24, 2.45) is 17.3 Å². The van der Waals surface area contributed by atoms with E-state index in [4.69, 9.17) is 9.47 Å². The van der Waals surface area contributed by atoms with Crippen molar-refractivity contribution in [3.8, 4) is 0 Å². The van der Waals surface area contributed by atoms with Crippen molar-refractivity contribution in [3.05, 3.63) is 54.4 Å². The number of carbonyl (C=O) groups excluding carboxylic acids is 2. The van der Waals surface area contributed by atoms with Crippen LogP contribution in [0.15, 0.2) is 48.8 Å². The molecule has 3 aliphatic rings. The molecular weight excluding hydrogens is 330 g/mol. The van der Waals surface area contributed by atoms with Crippen molar-refractivity contribution >= 4 is 11.9 Å². The van der Waals surface area contributed by atoms with Gasteiger partial charge in [-0.3, -0.25) is 4.98 Å². The molecule has 2 saturated carbocycles. The number of ether oxygens (including phenoxy) is 2.